The summed E-state index contributed by atoms with van der Waals surface area (Å²) in [6.45, 7) is 0. The van der Waals surface area contributed by atoms with Crippen molar-refractivity contribution in [2.45, 2.75) is 5.50 Å². The van der Waals surface area contributed by atoms with E-state index in [1.165, 1.54) is 0 Å². The van der Waals surface area contributed by atoms with Crippen molar-refractivity contribution in [1.82, 2.24) is 10.6 Å². The molecule has 1 heterocycles. The number of hydrogen-bond acceptors (Lipinski definition) is 3. The standard InChI is InChI=1S/C11H11IN2OS/c12-9-5-2-1-4-8(9)10(15)14-11-13-6-3-7-16-11/h1-6,11,13H,7H2,(H,14,15). The van der Waals surface area contributed by atoms with Crippen LogP contribution in [0.3, 0.4) is 0 Å². The van der Waals surface area contributed by atoms with Gasteiger partial charge in [-0.3, -0.25) is 4.79 Å². The first-order valence-corrected chi connectivity index (χ1v) is 6.98. The molecular weight excluding hydrogens is 335 g/mol. The monoisotopic (exact) mass is 346 g/mol. The molecule has 1 unspecified atom stereocenters. The van der Waals surface area contributed by atoms with Crippen LogP contribution in [0.5, 0.6) is 0 Å². The molecule has 2 rings (SSSR count). The van der Waals surface area contributed by atoms with Gasteiger partial charge in [0.15, 0.2) is 0 Å². The molecule has 3 nitrogen and oxygen atoms in total. The van der Waals surface area contributed by atoms with E-state index in [4.69, 9.17) is 0 Å². The van der Waals surface area contributed by atoms with Crippen LogP contribution in [0, 0.1) is 3.57 Å². The highest BCUT2D eigenvalue weighted by molar-refractivity contribution is 14.1. The molecule has 5 heteroatoms. The van der Waals surface area contributed by atoms with Gasteiger partial charge < -0.3 is 10.6 Å². The minimum Gasteiger partial charge on any atom is -0.363 e. The minimum atomic E-state index is -0.0368. The molecule has 1 aromatic rings. The van der Waals surface area contributed by atoms with E-state index in [2.05, 4.69) is 33.2 Å². The highest BCUT2D eigenvalue weighted by Gasteiger charge is 2.15. The van der Waals surface area contributed by atoms with Gasteiger partial charge in [0.1, 0.15) is 5.50 Å². The van der Waals surface area contributed by atoms with Crippen molar-refractivity contribution >= 4 is 40.3 Å². The van der Waals surface area contributed by atoms with Crippen LogP contribution in [0.15, 0.2) is 36.5 Å². The molecule has 84 valence electrons. The zero-order valence-electron chi connectivity index (χ0n) is 8.44. The molecule has 0 saturated heterocycles. The van der Waals surface area contributed by atoms with Gasteiger partial charge in [-0.1, -0.05) is 18.2 Å². The lowest BCUT2D eigenvalue weighted by atomic mass is 10.2. The fraction of sp³-hybridized carbons (Fsp3) is 0.182. The Labute approximate surface area is 112 Å². The summed E-state index contributed by atoms with van der Waals surface area (Å²) in [5.74, 6) is 0.884. The van der Waals surface area contributed by atoms with E-state index in [0.717, 1.165) is 14.9 Å². The van der Waals surface area contributed by atoms with Crippen molar-refractivity contribution in [2.24, 2.45) is 0 Å². The average molecular weight is 346 g/mol. The Balaban J connectivity index is 2.03. The molecule has 2 N–H and O–H groups in total. The van der Waals surface area contributed by atoms with Crippen LogP contribution in [0.1, 0.15) is 10.4 Å². The summed E-state index contributed by atoms with van der Waals surface area (Å²) in [5, 5.41) is 6.02. The average Bonchev–Trinajstić information content (AvgIpc) is 2.31. The molecule has 1 amide bonds. The zero-order chi connectivity index (χ0) is 11.4. The van der Waals surface area contributed by atoms with Crippen molar-refractivity contribution in [3.63, 3.8) is 0 Å². The molecule has 0 fully saturated rings. The van der Waals surface area contributed by atoms with Gasteiger partial charge in [0.2, 0.25) is 0 Å². The maximum absolute atomic E-state index is 11.9. The molecule has 16 heavy (non-hydrogen) atoms. The highest BCUT2D eigenvalue weighted by atomic mass is 127. The lowest BCUT2D eigenvalue weighted by Crippen LogP contribution is -2.42. The van der Waals surface area contributed by atoms with E-state index in [9.17, 15) is 4.79 Å². The lowest BCUT2D eigenvalue weighted by molar-refractivity contribution is 0.0946. The SMILES string of the molecule is O=C(NC1NC=CCS1)c1ccccc1I. The van der Waals surface area contributed by atoms with Crippen molar-refractivity contribution in [3.05, 3.63) is 45.7 Å². The summed E-state index contributed by atoms with van der Waals surface area (Å²) < 4.78 is 0.967. The molecule has 1 aromatic carbocycles. The van der Waals surface area contributed by atoms with Gasteiger partial charge in [-0.2, -0.15) is 0 Å². The number of hydrogen-bond donors (Lipinski definition) is 2. The van der Waals surface area contributed by atoms with Gasteiger partial charge in [-0.15, -0.1) is 11.8 Å². The van der Waals surface area contributed by atoms with Crippen LogP contribution in [-0.2, 0) is 0 Å². The quantitative estimate of drug-likeness (QED) is 0.807. The predicted octanol–water partition coefficient (Wildman–Crippen LogP) is 2.15. The Hall–Kier alpha value is -0.690. The molecular formula is C11H11IN2OS. The zero-order valence-corrected chi connectivity index (χ0v) is 11.4. The number of amides is 1. The summed E-state index contributed by atoms with van der Waals surface area (Å²) in [4.78, 5) is 11.9. The van der Waals surface area contributed by atoms with Crippen LogP contribution in [0.4, 0.5) is 0 Å². The molecule has 1 atom stereocenters. The van der Waals surface area contributed by atoms with E-state index >= 15 is 0 Å². The Morgan fingerprint density at radius 2 is 2.31 bits per heavy atom. The maximum atomic E-state index is 11.9. The highest BCUT2D eigenvalue weighted by Crippen LogP contribution is 2.14. The first kappa shape index (κ1) is 11.8. The molecule has 1 aliphatic rings. The fourth-order valence-corrected chi connectivity index (χ4v) is 2.73. The lowest BCUT2D eigenvalue weighted by Gasteiger charge is -2.21. The molecule has 0 aliphatic carbocycles. The van der Waals surface area contributed by atoms with Crippen LogP contribution in [-0.4, -0.2) is 17.2 Å². The van der Waals surface area contributed by atoms with Gasteiger partial charge in [-0.25, -0.2) is 0 Å². The predicted molar refractivity (Wildman–Crippen MR) is 75.1 cm³/mol. The van der Waals surface area contributed by atoms with Crippen LogP contribution in [0.25, 0.3) is 0 Å². The largest absolute Gasteiger partial charge is 0.363 e. The van der Waals surface area contributed by atoms with Crippen LogP contribution < -0.4 is 10.6 Å². The topological polar surface area (TPSA) is 41.1 Å². The van der Waals surface area contributed by atoms with Gasteiger partial charge in [0.05, 0.1) is 5.56 Å². The van der Waals surface area contributed by atoms with Crippen molar-refractivity contribution in [1.29, 1.82) is 0 Å². The number of halogens is 1. The van der Waals surface area contributed by atoms with E-state index in [0.29, 0.717) is 0 Å². The van der Waals surface area contributed by atoms with Crippen molar-refractivity contribution in [2.75, 3.05) is 5.75 Å². The van der Waals surface area contributed by atoms with Gasteiger partial charge in [0.25, 0.3) is 5.91 Å². The summed E-state index contributed by atoms with van der Waals surface area (Å²) in [5.41, 5.74) is 0.688. The van der Waals surface area contributed by atoms with Crippen LogP contribution >= 0.6 is 34.4 Å². The summed E-state index contributed by atoms with van der Waals surface area (Å²) in [6, 6.07) is 7.56. The smallest absolute Gasteiger partial charge is 0.254 e. The van der Waals surface area contributed by atoms with E-state index in [1.54, 1.807) is 11.8 Å². The number of thioether (sulfide) groups is 1. The van der Waals surface area contributed by atoms with Crippen molar-refractivity contribution in [3.8, 4) is 0 Å². The van der Waals surface area contributed by atoms with E-state index < -0.39 is 0 Å². The number of nitrogens with one attached hydrogen (secondary N) is 2. The van der Waals surface area contributed by atoms with Crippen LogP contribution in [0.2, 0.25) is 0 Å². The Bertz CT molecular complexity index is 422. The maximum Gasteiger partial charge on any atom is 0.254 e. The third-order valence-corrected chi connectivity index (χ3v) is 4.02. The fourth-order valence-electron chi connectivity index (χ4n) is 1.33. The molecule has 1 aliphatic heterocycles. The second kappa shape index (κ2) is 5.58. The number of carbonyl (C=O) groups is 1. The third kappa shape index (κ3) is 2.91. The third-order valence-electron chi connectivity index (χ3n) is 2.11. The summed E-state index contributed by atoms with van der Waals surface area (Å²) >= 11 is 3.83. The first-order chi connectivity index (χ1) is 7.77. The van der Waals surface area contributed by atoms with Gasteiger partial charge >= 0.3 is 0 Å². The molecule has 0 spiro atoms. The number of benzene rings is 1. The Kier molecular flexibility index (Phi) is 4.11. The van der Waals surface area contributed by atoms with Gasteiger partial charge in [0, 0.05) is 9.32 Å². The molecule has 0 aromatic heterocycles. The normalized spacial score (nSPS) is 18.9. The summed E-state index contributed by atoms with van der Waals surface area (Å²) in [7, 11) is 0. The molecule has 0 saturated carbocycles. The van der Waals surface area contributed by atoms with Gasteiger partial charge in [-0.05, 0) is 40.9 Å². The van der Waals surface area contributed by atoms with E-state index in [-0.39, 0.29) is 11.4 Å². The molecule has 0 bridgehead atoms. The van der Waals surface area contributed by atoms with E-state index in [1.807, 2.05) is 36.5 Å². The Morgan fingerprint density at radius 1 is 1.50 bits per heavy atom. The minimum absolute atomic E-state index is 0.0338. The second-order valence-electron chi connectivity index (χ2n) is 3.24. The first-order valence-electron chi connectivity index (χ1n) is 4.85. The molecule has 0 radical (unpaired) electrons. The number of rotatable bonds is 2. The second-order valence-corrected chi connectivity index (χ2v) is 5.54. The van der Waals surface area contributed by atoms with Crippen molar-refractivity contribution < 1.29 is 4.79 Å². The summed E-state index contributed by atoms with van der Waals surface area (Å²) in [6.07, 6.45) is 3.90. The Morgan fingerprint density at radius 3 is 3.00 bits per heavy atom. The number of carbonyl (C=O) groups excluding carboxylic acids is 1.